The number of ether oxygens (including phenoxy) is 2. The van der Waals surface area contributed by atoms with Crippen LogP contribution in [0.4, 0.5) is 0 Å². The van der Waals surface area contributed by atoms with E-state index in [1.54, 1.807) is 11.3 Å². The monoisotopic (exact) mass is 289 g/mol. The Morgan fingerprint density at radius 3 is 2.85 bits per heavy atom. The zero-order valence-electron chi connectivity index (χ0n) is 11.8. The van der Waals surface area contributed by atoms with Crippen molar-refractivity contribution in [2.75, 3.05) is 19.8 Å². The van der Waals surface area contributed by atoms with Crippen molar-refractivity contribution in [1.29, 1.82) is 0 Å². The Morgan fingerprint density at radius 2 is 2.10 bits per heavy atom. The normalized spacial score (nSPS) is 15.1. The number of fused-ring (bicyclic) bond motifs is 1. The second-order valence-corrected chi connectivity index (χ2v) is 5.78. The molecule has 0 aliphatic carbocycles. The molecule has 0 amide bonds. The lowest BCUT2D eigenvalue weighted by Crippen LogP contribution is -2.24. The molecule has 1 aromatic heterocycles. The molecule has 1 atom stereocenters. The second kappa shape index (κ2) is 5.85. The number of thiophene rings is 1. The van der Waals surface area contributed by atoms with Gasteiger partial charge in [0, 0.05) is 10.4 Å². The molecule has 0 spiro atoms. The molecule has 1 N–H and O–H groups in total. The third kappa shape index (κ3) is 2.41. The van der Waals surface area contributed by atoms with Crippen LogP contribution < -0.4 is 14.8 Å². The third-order valence-corrected chi connectivity index (χ3v) is 4.56. The van der Waals surface area contributed by atoms with Crippen molar-refractivity contribution in [1.82, 2.24) is 5.32 Å². The van der Waals surface area contributed by atoms with Crippen molar-refractivity contribution >= 4 is 11.3 Å². The average Bonchev–Trinajstić information content (AvgIpc) is 2.90. The van der Waals surface area contributed by atoms with Crippen LogP contribution in [0.25, 0.3) is 0 Å². The minimum Gasteiger partial charge on any atom is -0.486 e. The third-order valence-electron chi connectivity index (χ3n) is 3.48. The molecule has 1 aromatic carbocycles. The van der Waals surface area contributed by atoms with Crippen LogP contribution in [0.5, 0.6) is 11.5 Å². The summed E-state index contributed by atoms with van der Waals surface area (Å²) in [5.41, 5.74) is 2.48. The standard InChI is InChI=1S/C16H19NO2S/c1-3-17-14(16-11(2)7-10-20-16)12-5-4-6-13-15(12)19-9-8-18-13/h4-7,10,14,17H,3,8-9H2,1-2H3. The molecule has 1 aliphatic heterocycles. The molecule has 0 saturated carbocycles. The van der Waals surface area contributed by atoms with Gasteiger partial charge in [-0.3, -0.25) is 0 Å². The van der Waals surface area contributed by atoms with Gasteiger partial charge < -0.3 is 14.8 Å². The molecular weight excluding hydrogens is 270 g/mol. The average molecular weight is 289 g/mol. The van der Waals surface area contributed by atoms with Crippen molar-refractivity contribution in [3.05, 3.63) is 45.6 Å². The van der Waals surface area contributed by atoms with Crippen LogP contribution in [0.3, 0.4) is 0 Å². The fraction of sp³-hybridized carbons (Fsp3) is 0.375. The molecule has 0 saturated heterocycles. The highest BCUT2D eigenvalue weighted by Gasteiger charge is 2.24. The lowest BCUT2D eigenvalue weighted by atomic mass is 10.0. The van der Waals surface area contributed by atoms with Crippen LogP contribution in [0.15, 0.2) is 29.6 Å². The van der Waals surface area contributed by atoms with Crippen molar-refractivity contribution < 1.29 is 9.47 Å². The largest absolute Gasteiger partial charge is 0.486 e. The van der Waals surface area contributed by atoms with Crippen LogP contribution in [-0.2, 0) is 0 Å². The van der Waals surface area contributed by atoms with Gasteiger partial charge in [0.05, 0.1) is 6.04 Å². The number of para-hydroxylation sites is 1. The van der Waals surface area contributed by atoms with Crippen LogP contribution in [-0.4, -0.2) is 19.8 Å². The summed E-state index contributed by atoms with van der Waals surface area (Å²) in [7, 11) is 0. The predicted octanol–water partition coefficient (Wildman–Crippen LogP) is 3.53. The van der Waals surface area contributed by atoms with E-state index in [4.69, 9.17) is 9.47 Å². The fourth-order valence-electron chi connectivity index (χ4n) is 2.55. The minimum atomic E-state index is 0.164. The van der Waals surface area contributed by atoms with E-state index in [1.165, 1.54) is 10.4 Å². The molecule has 2 heterocycles. The van der Waals surface area contributed by atoms with E-state index >= 15 is 0 Å². The van der Waals surface area contributed by atoms with Crippen LogP contribution in [0.2, 0.25) is 0 Å². The van der Waals surface area contributed by atoms with Gasteiger partial charge in [0.25, 0.3) is 0 Å². The summed E-state index contributed by atoms with van der Waals surface area (Å²) < 4.78 is 11.6. The molecule has 1 unspecified atom stereocenters. The van der Waals surface area contributed by atoms with Gasteiger partial charge in [0.1, 0.15) is 13.2 Å². The molecule has 2 aromatic rings. The van der Waals surface area contributed by atoms with E-state index in [0.29, 0.717) is 13.2 Å². The molecule has 3 rings (SSSR count). The molecule has 3 nitrogen and oxygen atoms in total. The van der Waals surface area contributed by atoms with Gasteiger partial charge in [-0.15, -0.1) is 11.3 Å². The van der Waals surface area contributed by atoms with E-state index in [1.807, 2.05) is 12.1 Å². The molecule has 0 fully saturated rings. The van der Waals surface area contributed by atoms with Crippen LogP contribution in [0, 0.1) is 6.92 Å². The summed E-state index contributed by atoms with van der Waals surface area (Å²) in [5, 5.41) is 5.71. The maximum Gasteiger partial charge on any atom is 0.166 e. The fourth-order valence-corrected chi connectivity index (χ4v) is 3.57. The molecule has 1 aliphatic rings. The van der Waals surface area contributed by atoms with E-state index in [9.17, 15) is 0 Å². The van der Waals surface area contributed by atoms with Gasteiger partial charge in [-0.25, -0.2) is 0 Å². The number of hydrogen-bond acceptors (Lipinski definition) is 4. The Balaban J connectivity index is 2.06. The maximum absolute atomic E-state index is 5.86. The van der Waals surface area contributed by atoms with E-state index in [2.05, 4.69) is 36.7 Å². The molecule has 0 bridgehead atoms. The highest BCUT2D eigenvalue weighted by Crippen LogP contribution is 2.40. The molecular formula is C16H19NO2S. The number of rotatable bonds is 4. The maximum atomic E-state index is 5.86. The van der Waals surface area contributed by atoms with E-state index < -0.39 is 0 Å². The first kappa shape index (κ1) is 13.5. The summed E-state index contributed by atoms with van der Waals surface area (Å²) >= 11 is 1.78. The van der Waals surface area contributed by atoms with Gasteiger partial charge in [0.15, 0.2) is 11.5 Å². The topological polar surface area (TPSA) is 30.5 Å². The minimum absolute atomic E-state index is 0.164. The molecule has 0 radical (unpaired) electrons. The van der Waals surface area contributed by atoms with Gasteiger partial charge in [-0.2, -0.15) is 0 Å². The number of nitrogens with one attached hydrogen (secondary N) is 1. The van der Waals surface area contributed by atoms with Crippen molar-refractivity contribution in [3.63, 3.8) is 0 Å². The Bertz CT molecular complexity index is 594. The SMILES string of the molecule is CCNC(c1cccc2c1OCCO2)c1sccc1C. The highest BCUT2D eigenvalue weighted by molar-refractivity contribution is 7.10. The first-order valence-corrected chi connectivity index (χ1v) is 7.85. The number of hydrogen-bond donors (Lipinski definition) is 1. The lowest BCUT2D eigenvalue weighted by Gasteiger charge is -2.25. The van der Waals surface area contributed by atoms with Crippen molar-refractivity contribution in [2.45, 2.75) is 19.9 Å². The van der Waals surface area contributed by atoms with E-state index in [0.717, 1.165) is 23.6 Å². The van der Waals surface area contributed by atoms with Crippen LogP contribution >= 0.6 is 11.3 Å². The summed E-state index contributed by atoms with van der Waals surface area (Å²) in [6.07, 6.45) is 0. The quantitative estimate of drug-likeness (QED) is 0.934. The summed E-state index contributed by atoms with van der Waals surface area (Å²) in [6.45, 7) is 6.44. The number of aryl methyl sites for hydroxylation is 1. The Hall–Kier alpha value is -1.52. The summed E-state index contributed by atoms with van der Waals surface area (Å²) in [6, 6.07) is 8.46. The molecule has 4 heteroatoms. The Morgan fingerprint density at radius 1 is 1.25 bits per heavy atom. The summed E-state index contributed by atoms with van der Waals surface area (Å²) in [5.74, 6) is 1.74. The zero-order chi connectivity index (χ0) is 13.9. The smallest absolute Gasteiger partial charge is 0.166 e. The van der Waals surface area contributed by atoms with Crippen molar-refractivity contribution in [2.24, 2.45) is 0 Å². The Labute approximate surface area is 123 Å². The first-order chi connectivity index (χ1) is 9.81. The zero-order valence-corrected chi connectivity index (χ0v) is 12.6. The highest BCUT2D eigenvalue weighted by atomic mass is 32.1. The Kier molecular flexibility index (Phi) is 3.94. The summed E-state index contributed by atoms with van der Waals surface area (Å²) in [4.78, 5) is 1.34. The molecule has 20 heavy (non-hydrogen) atoms. The molecule has 106 valence electrons. The second-order valence-electron chi connectivity index (χ2n) is 4.83. The van der Waals surface area contributed by atoms with Gasteiger partial charge in [-0.1, -0.05) is 19.1 Å². The number of benzene rings is 1. The van der Waals surface area contributed by atoms with Crippen LogP contribution in [0.1, 0.15) is 29.0 Å². The van der Waals surface area contributed by atoms with Gasteiger partial charge >= 0.3 is 0 Å². The van der Waals surface area contributed by atoms with E-state index in [-0.39, 0.29) is 6.04 Å². The lowest BCUT2D eigenvalue weighted by molar-refractivity contribution is 0.169. The van der Waals surface area contributed by atoms with Gasteiger partial charge in [-0.05, 0) is 36.5 Å². The first-order valence-electron chi connectivity index (χ1n) is 6.97. The van der Waals surface area contributed by atoms with Crippen molar-refractivity contribution in [3.8, 4) is 11.5 Å². The predicted molar refractivity (Wildman–Crippen MR) is 82.0 cm³/mol. The van der Waals surface area contributed by atoms with Gasteiger partial charge in [0.2, 0.25) is 0 Å².